The molecule has 4 rings (SSSR count). The third kappa shape index (κ3) is 1.64. The normalized spacial score (nSPS) is 45.3. The average molecular weight is 232 g/mol. The van der Waals surface area contributed by atoms with Gasteiger partial charge in [-0.1, -0.05) is 12.5 Å². The van der Waals surface area contributed by atoms with Crippen LogP contribution in [0.1, 0.15) is 38.5 Å². The van der Waals surface area contributed by atoms with Gasteiger partial charge < -0.3 is 4.90 Å². The lowest BCUT2D eigenvalue weighted by Crippen LogP contribution is -2.61. The van der Waals surface area contributed by atoms with E-state index in [4.69, 9.17) is 0 Å². The van der Waals surface area contributed by atoms with Crippen LogP contribution in [0.3, 0.4) is 0 Å². The summed E-state index contributed by atoms with van der Waals surface area (Å²) in [5, 5.41) is 0. The molecule has 94 valence electrons. The van der Waals surface area contributed by atoms with Crippen LogP contribution in [-0.4, -0.2) is 41.5 Å². The van der Waals surface area contributed by atoms with Gasteiger partial charge in [0.1, 0.15) is 0 Å². The molecule has 0 aliphatic carbocycles. The predicted octanol–water partition coefficient (Wildman–Crippen LogP) is 2.47. The molecule has 2 bridgehead atoms. The van der Waals surface area contributed by atoms with E-state index in [1.807, 2.05) is 0 Å². The third-order valence-corrected chi connectivity index (χ3v) is 5.62. The highest BCUT2D eigenvalue weighted by molar-refractivity contribution is 5.05. The van der Waals surface area contributed by atoms with Crippen molar-refractivity contribution in [2.45, 2.75) is 50.6 Å². The Balaban J connectivity index is 1.59. The molecule has 2 heteroatoms. The van der Waals surface area contributed by atoms with Gasteiger partial charge in [-0.25, -0.2) is 0 Å². The molecular weight excluding hydrogens is 208 g/mol. The fourth-order valence-electron chi connectivity index (χ4n) is 4.90. The van der Waals surface area contributed by atoms with Gasteiger partial charge in [0, 0.05) is 25.2 Å². The van der Waals surface area contributed by atoms with E-state index in [1.165, 1.54) is 58.2 Å². The second kappa shape index (κ2) is 4.01. The van der Waals surface area contributed by atoms with Crippen molar-refractivity contribution < 1.29 is 0 Å². The second-order valence-corrected chi connectivity index (χ2v) is 6.54. The number of hydrogen-bond donors (Lipinski definition) is 0. The first-order valence-corrected chi connectivity index (χ1v) is 7.58. The maximum absolute atomic E-state index is 2.85. The van der Waals surface area contributed by atoms with Crippen LogP contribution in [0, 0.1) is 11.8 Å². The first-order chi connectivity index (χ1) is 8.42. The van der Waals surface area contributed by atoms with E-state index >= 15 is 0 Å². The van der Waals surface area contributed by atoms with Crippen LogP contribution < -0.4 is 0 Å². The summed E-state index contributed by atoms with van der Waals surface area (Å²) in [6.07, 6.45) is 13.4. The van der Waals surface area contributed by atoms with E-state index in [0.717, 1.165) is 23.9 Å². The molecule has 2 nitrogen and oxygen atoms in total. The zero-order valence-corrected chi connectivity index (χ0v) is 10.7. The molecule has 0 N–H and O–H groups in total. The molecule has 0 radical (unpaired) electrons. The van der Waals surface area contributed by atoms with Crippen molar-refractivity contribution in [1.82, 2.24) is 9.80 Å². The van der Waals surface area contributed by atoms with E-state index < -0.39 is 0 Å². The van der Waals surface area contributed by atoms with Gasteiger partial charge in [0.2, 0.25) is 0 Å². The molecule has 0 amide bonds. The highest BCUT2D eigenvalue weighted by atomic mass is 15.2. The van der Waals surface area contributed by atoms with Gasteiger partial charge in [0.05, 0.1) is 0 Å². The summed E-state index contributed by atoms with van der Waals surface area (Å²) in [6.45, 7) is 4.13. The lowest BCUT2D eigenvalue weighted by molar-refractivity contribution is -0.0495. The lowest BCUT2D eigenvalue weighted by atomic mass is 9.71. The van der Waals surface area contributed by atoms with Crippen molar-refractivity contribution in [3.05, 3.63) is 12.3 Å². The topological polar surface area (TPSA) is 6.48 Å². The summed E-state index contributed by atoms with van der Waals surface area (Å²) in [4.78, 5) is 5.53. The molecule has 4 atom stereocenters. The van der Waals surface area contributed by atoms with Crippen LogP contribution in [-0.2, 0) is 0 Å². The Kier molecular flexibility index (Phi) is 2.46. The van der Waals surface area contributed by atoms with Crippen molar-refractivity contribution in [2.75, 3.05) is 19.6 Å². The smallest absolute Gasteiger partial charge is 0.0327 e. The molecule has 17 heavy (non-hydrogen) atoms. The van der Waals surface area contributed by atoms with Crippen molar-refractivity contribution >= 4 is 0 Å². The highest BCUT2D eigenvalue weighted by Crippen LogP contribution is 2.42. The number of piperidine rings is 3. The fraction of sp³-hybridized carbons (Fsp3) is 0.867. The Labute approximate surface area is 105 Å². The minimum absolute atomic E-state index is 0.874. The predicted molar refractivity (Wildman–Crippen MR) is 69.7 cm³/mol. The van der Waals surface area contributed by atoms with E-state index in [-0.39, 0.29) is 0 Å². The molecule has 4 unspecified atom stereocenters. The van der Waals surface area contributed by atoms with Crippen molar-refractivity contribution in [2.24, 2.45) is 11.8 Å². The molecule has 0 aromatic heterocycles. The summed E-state index contributed by atoms with van der Waals surface area (Å²) in [7, 11) is 0. The third-order valence-electron chi connectivity index (χ3n) is 5.62. The van der Waals surface area contributed by atoms with Crippen molar-refractivity contribution in [3.63, 3.8) is 0 Å². The van der Waals surface area contributed by atoms with Gasteiger partial charge in [-0.05, 0) is 56.7 Å². The van der Waals surface area contributed by atoms with Gasteiger partial charge in [0.25, 0.3) is 0 Å². The maximum atomic E-state index is 2.85. The number of nitrogens with zero attached hydrogens (tertiary/aromatic N) is 2. The Bertz CT molecular complexity index is 325. The van der Waals surface area contributed by atoms with Gasteiger partial charge in [-0.15, -0.1) is 0 Å². The highest BCUT2D eigenvalue weighted by Gasteiger charge is 2.45. The van der Waals surface area contributed by atoms with Gasteiger partial charge in [0.15, 0.2) is 0 Å². The monoisotopic (exact) mass is 232 g/mol. The number of hydrogen-bond acceptors (Lipinski definition) is 2. The Hall–Kier alpha value is -0.500. The molecule has 0 saturated carbocycles. The molecule has 0 aromatic carbocycles. The summed E-state index contributed by atoms with van der Waals surface area (Å²) < 4.78 is 0. The summed E-state index contributed by atoms with van der Waals surface area (Å²) in [5.74, 6) is 1.93. The quantitative estimate of drug-likeness (QED) is 0.633. The van der Waals surface area contributed by atoms with Crippen molar-refractivity contribution in [3.8, 4) is 0 Å². The van der Waals surface area contributed by atoms with Crippen LogP contribution >= 0.6 is 0 Å². The summed E-state index contributed by atoms with van der Waals surface area (Å²) in [6, 6.07) is 1.80. The minimum Gasteiger partial charge on any atom is -0.374 e. The van der Waals surface area contributed by atoms with Crippen LogP contribution in [0.15, 0.2) is 12.3 Å². The second-order valence-electron chi connectivity index (χ2n) is 6.54. The molecule has 4 aliphatic rings. The molecule has 0 spiro atoms. The summed E-state index contributed by atoms with van der Waals surface area (Å²) >= 11 is 0. The van der Waals surface area contributed by atoms with Crippen LogP contribution in [0.25, 0.3) is 0 Å². The molecule has 4 aliphatic heterocycles. The summed E-state index contributed by atoms with van der Waals surface area (Å²) in [5.41, 5.74) is 0. The standard InChI is InChI=1S/C15H24N2/c1-3-7-16-11-13-9-12(14(16)5-1)10-17-8-4-2-6-15(13)17/h3,7,12-15H,1-2,4-6,8-11H2. The minimum atomic E-state index is 0.874. The van der Waals surface area contributed by atoms with Gasteiger partial charge in [-0.3, -0.25) is 4.90 Å². The number of rotatable bonds is 0. The molecule has 3 saturated heterocycles. The first-order valence-electron chi connectivity index (χ1n) is 7.58. The Morgan fingerprint density at radius 3 is 2.88 bits per heavy atom. The number of fused-ring (bicyclic) bond motifs is 6. The molecular formula is C15H24N2. The Morgan fingerprint density at radius 1 is 0.941 bits per heavy atom. The van der Waals surface area contributed by atoms with Crippen LogP contribution in [0.5, 0.6) is 0 Å². The zero-order valence-electron chi connectivity index (χ0n) is 10.7. The van der Waals surface area contributed by atoms with Crippen molar-refractivity contribution in [1.29, 1.82) is 0 Å². The molecule has 4 heterocycles. The lowest BCUT2D eigenvalue weighted by Gasteiger charge is -2.56. The average Bonchev–Trinajstić information content (AvgIpc) is 2.39. The zero-order chi connectivity index (χ0) is 11.2. The molecule has 0 aromatic rings. The van der Waals surface area contributed by atoms with E-state index in [2.05, 4.69) is 22.1 Å². The van der Waals surface area contributed by atoms with Crippen LogP contribution in [0.4, 0.5) is 0 Å². The largest absolute Gasteiger partial charge is 0.374 e. The van der Waals surface area contributed by atoms with E-state index in [0.29, 0.717) is 0 Å². The maximum Gasteiger partial charge on any atom is 0.0327 e. The first kappa shape index (κ1) is 10.4. The Morgan fingerprint density at radius 2 is 1.88 bits per heavy atom. The fourth-order valence-corrected chi connectivity index (χ4v) is 4.90. The van der Waals surface area contributed by atoms with Gasteiger partial charge in [-0.2, -0.15) is 0 Å². The molecule has 3 fully saturated rings. The van der Waals surface area contributed by atoms with Crippen LogP contribution in [0.2, 0.25) is 0 Å². The van der Waals surface area contributed by atoms with E-state index in [1.54, 1.807) is 0 Å². The van der Waals surface area contributed by atoms with Gasteiger partial charge >= 0.3 is 0 Å². The SMILES string of the molecule is C1=CN2CC3CC(CN4CCCCC34)C2CC1. The van der Waals surface area contributed by atoms with E-state index in [9.17, 15) is 0 Å². The number of allylic oxidation sites excluding steroid dienone is 1.